The lowest BCUT2D eigenvalue weighted by atomic mass is 9.78. The van der Waals surface area contributed by atoms with Crippen LogP contribution in [-0.4, -0.2) is 56.8 Å². The number of rotatable bonds is 4. The molecule has 2 aliphatic heterocycles. The smallest absolute Gasteiger partial charge is 0.355 e. The topological polar surface area (TPSA) is 50.1 Å². The van der Waals surface area contributed by atoms with Gasteiger partial charge in [0, 0.05) is 55.8 Å². The SMILES string of the molecule is CC(c1cncn1C)N1CC2(CCN(c3ncnc4sc(CC(F)(F)F)cc34)C2)C1. The quantitative estimate of drug-likeness (QED) is 0.623. The summed E-state index contributed by atoms with van der Waals surface area (Å²) in [4.78, 5) is 18.5. The molecule has 1 unspecified atom stereocenters. The van der Waals surface area contributed by atoms with Crippen molar-refractivity contribution in [2.24, 2.45) is 12.5 Å². The van der Waals surface area contributed by atoms with Crippen LogP contribution < -0.4 is 4.90 Å². The molecule has 2 saturated heterocycles. The van der Waals surface area contributed by atoms with Crippen molar-refractivity contribution in [1.29, 1.82) is 0 Å². The summed E-state index contributed by atoms with van der Waals surface area (Å²) >= 11 is 1.11. The van der Waals surface area contributed by atoms with Gasteiger partial charge in [0.15, 0.2) is 0 Å². The molecule has 0 bridgehead atoms. The molecular formula is C20H23F3N6S. The number of anilines is 1. The number of imidazole rings is 1. The van der Waals surface area contributed by atoms with Crippen molar-refractivity contribution in [2.45, 2.75) is 32.0 Å². The van der Waals surface area contributed by atoms with Crippen LogP contribution in [0.2, 0.25) is 0 Å². The lowest BCUT2D eigenvalue weighted by Gasteiger charge is -2.50. The molecule has 0 N–H and O–H groups in total. The van der Waals surface area contributed by atoms with Crippen molar-refractivity contribution >= 4 is 27.4 Å². The Morgan fingerprint density at radius 2 is 2.03 bits per heavy atom. The molecule has 160 valence electrons. The Morgan fingerprint density at radius 1 is 1.23 bits per heavy atom. The molecule has 2 aliphatic rings. The highest BCUT2D eigenvalue weighted by Crippen LogP contribution is 2.45. The molecule has 1 spiro atoms. The fourth-order valence-electron chi connectivity index (χ4n) is 4.85. The minimum atomic E-state index is -4.22. The predicted molar refractivity (Wildman–Crippen MR) is 110 cm³/mol. The number of halogens is 3. The van der Waals surface area contributed by atoms with Gasteiger partial charge in [-0.15, -0.1) is 11.3 Å². The molecule has 10 heteroatoms. The third-order valence-corrected chi connectivity index (χ3v) is 7.42. The van der Waals surface area contributed by atoms with E-state index >= 15 is 0 Å². The van der Waals surface area contributed by atoms with Gasteiger partial charge in [0.1, 0.15) is 17.0 Å². The van der Waals surface area contributed by atoms with E-state index in [2.05, 4.69) is 36.2 Å². The van der Waals surface area contributed by atoms with E-state index < -0.39 is 12.6 Å². The van der Waals surface area contributed by atoms with Gasteiger partial charge in [-0.3, -0.25) is 4.90 Å². The Kier molecular flexibility index (Phi) is 4.55. The molecule has 0 saturated carbocycles. The fourth-order valence-corrected chi connectivity index (χ4v) is 5.87. The van der Waals surface area contributed by atoms with Crippen LogP contribution in [0.1, 0.15) is 30.0 Å². The molecule has 0 radical (unpaired) electrons. The number of thiophene rings is 1. The van der Waals surface area contributed by atoms with Gasteiger partial charge in [-0.2, -0.15) is 13.2 Å². The zero-order valence-corrected chi connectivity index (χ0v) is 17.7. The molecule has 6 nitrogen and oxygen atoms in total. The summed E-state index contributed by atoms with van der Waals surface area (Å²) in [6, 6.07) is 1.93. The van der Waals surface area contributed by atoms with Crippen LogP contribution in [0.4, 0.5) is 19.0 Å². The maximum atomic E-state index is 12.8. The van der Waals surface area contributed by atoms with E-state index in [-0.39, 0.29) is 10.3 Å². The number of alkyl halides is 3. The molecular weight excluding hydrogens is 413 g/mol. The summed E-state index contributed by atoms with van der Waals surface area (Å²) in [6.45, 7) is 5.96. The Hall–Kier alpha value is -2.20. The van der Waals surface area contributed by atoms with Gasteiger partial charge in [-0.05, 0) is 19.4 Å². The van der Waals surface area contributed by atoms with E-state index in [0.29, 0.717) is 10.9 Å². The van der Waals surface area contributed by atoms with Crippen LogP contribution in [-0.2, 0) is 13.5 Å². The van der Waals surface area contributed by atoms with Crippen molar-refractivity contribution in [2.75, 3.05) is 31.1 Å². The second-order valence-corrected chi connectivity index (χ2v) is 9.72. The molecule has 2 fully saturated rings. The summed E-state index contributed by atoms with van der Waals surface area (Å²) in [6.07, 6.45) is 1.14. The normalized spacial score (nSPS) is 20.2. The first-order chi connectivity index (χ1) is 14.2. The van der Waals surface area contributed by atoms with Crippen LogP contribution in [0.25, 0.3) is 10.2 Å². The van der Waals surface area contributed by atoms with Crippen LogP contribution in [0, 0.1) is 5.41 Å². The third kappa shape index (κ3) is 3.45. The summed E-state index contributed by atoms with van der Waals surface area (Å²) in [5, 5.41) is 0.734. The molecule has 1 atom stereocenters. The monoisotopic (exact) mass is 436 g/mol. The number of nitrogens with zero attached hydrogens (tertiary/aromatic N) is 6. The summed E-state index contributed by atoms with van der Waals surface area (Å²) in [7, 11) is 2.01. The lowest BCUT2D eigenvalue weighted by molar-refractivity contribution is -0.126. The molecule has 3 aromatic rings. The number of likely N-dealkylation sites (tertiary alicyclic amines) is 1. The molecule has 5 heterocycles. The van der Waals surface area contributed by atoms with Crippen LogP contribution in [0.5, 0.6) is 0 Å². The Bertz CT molecular complexity index is 1070. The predicted octanol–water partition coefficient (Wildman–Crippen LogP) is 3.80. The van der Waals surface area contributed by atoms with Gasteiger partial charge in [-0.1, -0.05) is 0 Å². The summed E-state index contributed by atoms with van der Waals surface area (Å²) in [5.41, 5.74) is 1.42. The van der Waals surface area contributed by atoms with Gasteiger partial charge >= 0.3 is 6.18 Å². The standard InChI is InChI=1S/C20H23F3N6S/c1-13(16-7-24-12-27(16)2)29-9-19(10-29)3-4-28(8-19)17-15-5-14(6-20(21,22)23)30-18(15)26-11-25-17/h5,7,11-13H,3-4,6,8-10H2,1-2H3. The number of hydrogen-bond donors (Lipinski definition) is 0. The van der Waals surface area contributed by atoms with E-state index in [1.54, 1.807) is 6.07 Å². The highest BCUT2D eigenvalue weighted by molar-refractivity contribution is 7.18. The Balaban J connectivity index is 1.31. The van der Waals surface area contributed by atoms with Crippen molar-refractivity contribution in [1.82, 2.24) is 24.4 Å². The first-order valence-corrected chi connectivity index (χ1v) is 10.8. The van der Waals surface area contributed by atoms with E-state index in [1.165, 1.54) is 12.0 Å². The fraction of sp³-hybridized carbons (Fsp3) is 0.550. The highest BCUT2D eigenvalue weighted by Gasteiger charge is 2.49. The largest absolute Gasteiger partial charge is 0.393 e. The van der Waals surface area contributed by atoms with E-state index in [1.807, 2.05) is 19.6 Å². The minimum absolute atomic E-state index is 0.217. The van der Waals surface area contributed by atoms with E-state index in [9.17, 15) is 13.2 Å². The van der Waals surface area contributed by atoms with Crippen LogP contribution >= 0.6 is 11.3 Å². The van der Waals surface area contributed by atoms with Gasteiger partial charge < -0.3 is 9.47 Å². The van der Waals surface area contributed by atoms with Crippen molar-refractivity contribution in [3.63, 3.8) is 0 Å². The average molecular weight is 437 g/mol. The molecule has 0 aliphatic carbocycles. The Labute approximate surface area is 176 Å². The minimum Gasteiger partial charge on any atom is -0.355 e. The first-order valence-electron chi connectivity index (χ1n) is 9.98. The van der Waals surface area contributed by atoms with Crippen LogP contribution in [0.15, 0.2) is 24.9 Å². The zero-order chi connectivity index (χ0) is 21.1. The van der Waals surface area contributed by atoms with Gasteiger partial charge in [0.25, 0.3) is 0 Å². The lowest BCUT2D eigenvalue weighted by Crippen LogP contribution is -2.58. The van der Waals surface area contributed by atoms with Crippen molar-refractivity contribution in [3.8, 4) is 0 Å². The second-order valence-electron chi connectivity index (χ2n) is 8.60. The number of aryl methyl sites for hydroxylation is 1. The maximum Gasteiger partial charge on any atom is 0.393 e. The van der Waals surface area contributed by atoms with E-state index in [4.69, 9.17) is 0 Å². The molecule has 0 aromatic carbocycles. The highest BCUT2D eigenvalue weighted by atomic mass is 32.1. The Morgan fingerprint density at radius 3 is 2.73 bits per heavy atom. The first kappa shape index (κ1) is 19.7. The average Bonchev–Trinajstić information content (AvgIpc) is 3.35. The zero-order valence-electron chi connectivity index (χ0n) is 16.9. The van der Waals surface area contributed by atoms with Gasteiger partial charge in [0.2, 0.25) is 0 Å². The van der Waals surface area contributed by atoms with Crippen molar-refractivity contribution < 1.29 is 13.2 Å². The molecule has 30 heavy (non-hydrogen) atoms. The molecule has 5 rings (SSSR count). The van der Waals surface area contributed by atoms with Gasteiger partial charge in [0.05, 0.1) is 23.8 Å². The van der Waals surface area contributed by atoms with Crippen molar-refractivity contribution in [3.05, 3.63) is 35.5 Å². The number of fused-ring (bicyclic) bond motifs is 1. The second kappa shape index (κ2) is 6.91. The molecule has 0 amide bonds. The van der Waals surface area contributed by atoms with Crippen LogP contribution in [0.3, 0.4) is 0 Å². The third-order valence-electron chi connectivity index (χ3n) is 6.38. The summed E-state index contributed by atoms with van der Waals surface area (Å²) in [5.74, 6) is 0.764. The maximum absolute atomic E-state index is 12.8. The van der Waals surface area contributed by atoms with Gasteiger partial charge in [-0.25, -0.2) is 15.0 Å². The van der Waals surface area contributed by atoms with E-state index in [0.717, 1.165) is 55.1 Å². The summed E-state index contributed by atoms with van der Waals surface area (Å²) < 4.78 is 40.5. The number of aromatic nitrogens is 4. The molecule has 3 aromatic heterocycles. The number of hydrogen-bond acceptors (Lipinski definition) is 6.